The number of carboxylic acids is 1. The lowest BCUT2D eigenvalue weighted by molar-refractivity contribution is -0.142. The van der Waals surface area contributed by atoms with Crippen molar-refractivity contribution < 1.29 is 14.7 Å². The van der Waals surface area contributed by atoms with Crippen LogP contribution in [-0.4, -0.2) is 23.0 Å². The maximum atomic E-state index is 11.8. The van der Waals surface area contributed by atoms with Gasteiger partial charge in [0.05, 0.1) is 0 Å². The van der Waals surface area contributed by atoms with E-state index in [2.05, 4.69) is 26.1 Å². The summed E-state index contributed by atoms with van der Waals surface area (Å²) in [4.78, 5) is 22.8. The minimum absolute atomic E-state index is 0.133. The molecule has 0 saturated heterocycles. The van der Waals surface area contributed by atoms with Crippen molar-refractivity contribution in [3.63, 3.8) is 0 Å². The molecule has 1 aliphatic carbocycles. The van der Waals surface area contributed by atoms with Gasteiger partial charge >= 0.3 is 5.97 Å². The lowest BCUT2D eigenvalue weighted by Gasteiger charge is -2.23. The fourth-order valence-electron chi connectivity index (χ4n) is 2.48. The molecule has 0 radical (unpaired) electrons. The third-order valence-corrected chi connectivity index (χ3v) is 3.17. The number of carboxylic acid groups (broad SMARTS) is 1. The molecule has 1 aliphatic rings. The normalized spacial score (nSPS) is 19.1. The van der Waals surface area contributed by atoms with Crippen LogP contribution in [0.25, 0.3) is 0 Å². The highest BCUT2D eigenvalue weighted by molar-refractivity contribution is 5.84. The van der Waals surface area contributed by atoms with E-state index in [1.165, 1.54) is 0 Å². The molecule has 4 heteroatoms. The molecule has 1 rings (SSSR count). The van der Waals surface area contributed by atoms with Crippen LogP contribution >= 0.6 is 0 Å². The molecule has 2 atom stereocenters. The first-order valence-corrected chi connectivity index (χ1v) is 6.71. The van der Waals surface area contributed by atoms with Gasteiger partial charge in [-0.05, 0) is 36.5 Å². The van der Waals surface area contributed by atoms with Crippen LogP contribution in [0.2, 0.25) is 0 Å². The van der Waals surface area contributed by atoms with Gasteiger partial charge in [-0.3, -0.25) is 4.79 Å². The smallest absolute Gasteiger partial charge is 0.326 e. The number of nitrogens with one attached hydrogen (secondary N) is 1. The number of hydrogen-bond donors (Lipinski definition) is 2. The van der Waals surface area contributed by atoms with Crippen LogP contribution < -0.4 is 5.32 Å². The molecular weight excluding hydrogens is 230 g/mol. The quantitative estimate of drug-likeness (QED) is 0.766. The summed E-state index contributed by atoms with van der Waals surface area (Å²) in [5, 5.41) is 11.7. The Bertz CT molecular complexity index is 315. The van der Waals surface area contributed by atoms with Crippen molar-refractivity contribution in [1.29, 1.82) is 0 Å². The second-order valence-corrected chi connectivity index (χ2v) is 6.79. The largest absolute Gasteiger partial charge is 0.480 e. The first-order chi connectivity index (χ1) is 8.19. The lowest BCUT2D eigenvalue weighted by atomic mass is 9.84. The van der Waals surface area contributed by atoms with Crippen LogP contribution in [0.4, 0.5) is 0 Å². The Morgan fingerprint density at radius 1 is 1.33 bits per heavy atom. The van der Waals surface area contributed by atoms with E-state index in [4.69, 9.17) is 5.11 Å². The summed E-state index contributed by atoms with van der Waals surface area (Å²) in [6.45, 7) is 8.47. The van der Waals surface area contributed by atoms with Crippen molar-refractivity contribution in [2.45, 2.75) is 59.4 Å². The van der Waals surface area contributed by atoms with Gasteiger partial charge in [-0.15, -0.1) is 0 Å². The van der Waals surface area contributed by atoms with Gasteiger partial charge in [0.1, 0.15) is 6.04 Å². The first kappa shape index (κ1) is 15.0. The molecule has 2 N–H and O–H groups in total. The van der Waals surface area contributed by atoms with Gasteiger partial charge in [-0.2, -0.15) is 0 Å². The SMILES string of the molecule is CC(CC(=O)NC(C(=O)O)C1CC1)CC(C)(C)C. The van der Waals surface area contributed by atoms with E-state index in [1.807, 2.05) is 6.92 Å². The number of carbonyl (C=O) groups is 2. The fraction of sp³-hybridized carbons (Fsp3) is 0.857. The minimum Gasteiger partial charge on any atom is -0.480 e. The van der Waals surface area contributed by atoms with Crippen molar-refractivity contribution in [3.8, 4) is 0 Å². The molecule has 18 heavy (non-hydrogen) atoms. The van der Waals surface area contributed by atoms with E-state index in [-0.39, 0.29) is 23.2 Å². The predicted octanol–water partition coefficient (Wildman–Crippen LogP) is 2.43. The zero-order chi connectivity index (χ0) is 13.9. The van der Waals surface area contributed by atoms with Crippen molar-refractivity contribution in [2.24, 2.45) is 17.3 Å². The summed E-state index contributed by atoms with van der Waals surface area (Å²) in [6.07, 6.45) is 3.19. The summed E-state index contributed by atoms with van der Waals surface area (Å²) < 4.78 is 0. The molecule has 0 heterocycles. The summed E-state index contributed by atoms with van der Waals surface area (Å²) in [6, 6.07) is -0.681. The van der Waals surface area contributed by atoms with E-state index in [0.29, 0.717) is 6.42 Å². The van der Waals surface area contributed by atoms with Crippen molar-refractivity contribution in [3.05, 3.63) is 0 Å². The summed E-state index contributed by atoms with van der Waals surface area (Å²) in [5.74, 6) is -0.622. The number of carbonyl (C=O) groups excluding carboxylic acids is 1. The Kier molecular flexibility index (Phi) is 4.77. The average Bonchev–Trinajstić information content (AvgIpc) is 2.92. The maximum absolute atomic E-state index is 11.8. The molecule has 1 amide bonds. The van der Waals surface area contributed by atoms with Crippen molar-refractivity contribution in [1.82, 2.24) is 5.32 Å². The van der Waals surface area contributed by atoms with E-state index in [9.17, 15) is 9.59 Å². The Labute approximate surface area is 109 Å². The number of rotatable bonds is 6. The molecule has 104 valence electrons. The molecule has 0 bridgehead atoms. The number of amides is 1. The first-order valence-electron chi connectivity index (χ1n) is 6.71. The molecule has 0 aromatic heterocycles. The maximum Gasteiger partial charge on any atom is 0.326 e. The highest BCUT2D eigenvalue weighted by atomic mass is 16.4. The number of hydrogen-bond acceptors (Lipinski definition) is 2. The van der Waals surface area contributed by atoms with Gasteiger partial charge in [0.15, 0.2) is 0 Å². The topological polar surface area (TPSA) is 66.4 Å². The van der Waals surface area contributed by atoms with Crippen molar-refractivity contribution in [2.75, 3.05) is 0 Å². The molecule has 0 spiro atoms. The van der Waals surface area contributed by atoms with E-state index < -0.39 is 12.0 Å². The van der Waals surface area contributed by atoms with E-state index in [1.54, 1.807) is 0 Å². The van der Waals surface area contributed by atoms with Gasteiger partial charge in [0, 0.05) is 6.42 Å². The lowest BCUT2D eigenvalue weighted by Crippen LogP contribution is -2.42. The molecule has 1 fully saturated rings. The Morgan fingerprint density at radius 2 is 1.89 bits per heavy atom. The molecule has 2 unspecified atom stereocenters. The second-order valence-electron chi connectivity index (χ2n) is 6.79. The van der Waals surface area contributed by atoms with Gasteiger partial charge in [0.2, 0.25) is 5.91 Å². The third kappa shape index (κ3) is 5.52. The van der Waals surface area contributed by atoms with Crippen molar-refractivity contribution >= 4 is 11.9 Å². The monoisotopic (exact) mass is 255 g/mol. The predicted molar refractivity (Wildman–Crippen MR) is 70.1 cm³/mol. The standard InChI is InChI=1S/C14H25NO3/c1-9(8-14(2,3)4)7-11(16)15-12(13(17)18)10-5-6-10/h9-10,12H,5-8H2,1-4H3,(H,15,16)(H,17,18). The zero-order valence-corrected chi connectivity index (χ0v) is 11.8. The van der Waals surface area contributed by atoms with Crippen LogP contribution in [0.3, 0.4) is 0 Å². The van der Waals surface area contributed by atoms with E-state index in [0.717, 1.165) is 19.3 Å². The molecular formula is C14H25NO3. The van der Waals surface area contributed by atoms with Crippen LogP contribution in [0, 0.1) is 17.3 Å². The summed E-state index contributed by atoms with van der Waals surface area (Å²) in [7, 11) is 0. The van der Waals surface area contributed by atoms with E-state index >= 15 is 0 Å². The minimum atomic E-state index is -0.908. The van der Waals surface area contributed by atoms with Crippen LogP contribution in [0.5, 0.6) is 0 Å². The van der Waals surface area contributed by atoms with Gasteiger partial charge in [0.25, 0.3) is 0 Å². The van der Waals surface area contributed by atoms with Crippen LogP contribution in [0.15, 0.2) is 0 Å². The van der Waals surface area contributed by atoms with Crippen LogP contribution in [0.1, 0.15) is 53.4 Å². The second kappa shape index (κ2) is 5.72. The Morgan fingerprint density at radius 3 is 2.28 bits per heavy atom. The highest BCUT2D eigenvalue weighted by Crippen LogP contribution is 2.33. The Balaban J connectivity index is 2.38. The van der Waals surface area contributed by atoms with Crippen LogP contribution in [-0.2, 0) is 9.59 Å². The van der Waals surface area contributed by atoms with Gasteiger partial charge < -0.3 is 10.4 Å². The third-order valence-electron chi connectivity index (χ3n) is 3.17. The van der Waals surface area contributed by atoms with Gasteiger partial charge in [-0.25, -0.2) is 4.79 Å². The Hall–Kier alpha value is -1.06. The van der Waals surface area contributed by atoms with Gasteiger partial charge in [-0.1, -0.05) is 27.7 Å². The molecule has 0 aromatic carbocycles. The molecule has 1 saturated carbocycles. The summed E-state index contributed by atoms with van der Waals surface area (Å²) in [5.41, 5.74) is 0.197. The average molecular weight is 255 g/mol. The number of aliphatic carboxylic acids is 1. The molecule has 4 nitrogen and oxygen atoms in total. The molecule has 0 aromatic rings. The fourth-order valence-corrected chi connectivity index (χ4v) is 2.48. The zero-order valence-electron chi connectivity index (χ0n) is 11.8. The highest BCUT2D eigenvalue weighted by Gasteiger charge is 2.37. The molecule has 0 aliphatic heterocycles. The summed E-state index contributed by atoms with van der Waals surface area (Å²) >= 11 is 0.